The number of para-hydroxylation sites is 2. The molecular weight excluding hydrogens is 1650 g/mol. The number of phenols is 1. The molecule has 3 heterocycles. The lowest BCUT2D eigenvalue weighted by molar-refractivity contribution is -0.141. The Morgan fingerprint density at radius 2 is 0.944 bits per heavy atom. The van der Waals surface area contributed by atoms with Crippen LogP contribution in [0.25, 0.3) is 21.8 Å². The van der Waals surface area contributed by atoms with Crippen LogP contribution in [0.4, 0.5) is 0 Å². The van der Waals surface area contributed by atoms with Crippen molar-refractivity contribution in [3.63, 3.8) is 0 Å². The Kier molecular flexibility index (Phi) is 39.0. The second-order valence-electron chi connectivity index (χ2n) is 29.7. The van der Waals surface area contributed by atoms with Gasteiger partial charge in [-0.2, -0.15) is 25.3 Å². The molecule has 0 fully saturated rings. The Morgan fingerprint density at radius 3 is 1.47 bits per heavy atom. The van der Waals surface area contributed by atoms with Crippen molar-refractivity contribution in [2.24, 2.45) is 17.4 Å². The summed E-state index contributed by atoms with van der Waals surface area (Å²) in [5.74, 6) is -16.8. The van der Waals surface area contributed by atoms with Crippen molar-refractivity contribution in [1.29, 1.82) is 0 Å². The molecule has 4 aromatic carbocycles. The molecule has 15 amide bonds. The van der Waals surface area contributed by atoms with E-state index in [1.807, 2.05) is 0 Å². The number of unbranched alkanes of at least 4 members (excludes halogenated alkanes) is 1. The molecule has 0 saturated heterocycles. The molecule has 3 aromatic heterocycles. The van der Waals surface area contributed by atoms with Crippen molar-refractivity contribution >= 4 is 142 Å². The number of rotatable bonds is 51. The highest BCUT2D eigenvalue weighted by Crippen LogP contribution is 2.23. The number of hydrogen-bond donors (Lipinski definition) is 24. The molecule has 0 radical (unpaired) electrons. The molecule has 0 saturated carbocycles. The Hall–Kier alpha value is -12.9. The van der Waals surface area contributed by atoms with Crippen molar-refractivity contribution < 1.29 is 96.8 Å². The number of nitrogens with one attached hydrogen (secondary N) is 17. The van der Waals surface area contributed by atoms with E-state index in [-0.39, 0.29) is 68.9 Å². The van der Waals surface area contributed by atoms with Crippen LogP contribution in [0.1, 0.15) is 88.2 Å². The third-order valence-electron chi connectivity index (χ3n) is 19.6. The summed E-state index contributed by atoms with van der Waals surface area (Å²) in [6.45, 7) is 5.73. The van der Waals surface area contributed by atoms with E-state index in [1.54, 1.807) is 105 Å². The first-order valence-corrected chi connectivity index (χ1v) is 41.1. The van der Waals surface area contributed by atoms with E-state index in [0.717, 1.165) is 6.92 Å². The van der Waals surface area contributed by atoms with E-state index in [4.69, 9.17) is 16.2 Å². The number of hydrogen-bond acceptors (Lipinski definition) is 23. The summed E-state index contributed by atoms with van der Waals surface area (Å²) in [4.78, 5) is 234. The van der Waals surface area contributed by atoms with E-state index in [2.05, 4.69) is 120 Å². The number of aliphatic carboxylic acids is 1. The van der Waals surface area contributed by atoms with Crippen LogP contribution in [0.5, 0.6) is 5.75 Å². The van der Waals surface area contributed by atoms with Gasteiger partial charge in [0.1, 0.15) is 84.9 Å². The van der Waals surface area contributed by atoms with Crippen LogP contribution in [-0.4, -0.2) is 253 Å². The number of aliphatic hydroxyl groups is 1. The van der Waals surface area contributed by atoms with Crippen molar-refractivity contribution in [3.8, 4) is 5.75 Å². The predicted molar refractivity (Wildman–Crippen MR) is 458 cm³/mol. The third kappa shape index (κ3) is 31.2. The molecule has 0 aliphatic heterocycles. The number of fused-ring (bicyclic) bond motifs is 2. The number of aromatic amines is 3. The quantitative estimate of drug-likeness (QED) is 0.0131. The average Bonchev–Trinajstić information content (AvgIpc) is 1.66. The maximum absolute atomic E-state index is 15.3. The lowest BCUT2D eigenvalue weighted by Gasteiger charge is -2.29. The summed E-state index contributed by atoms with van der Waals surface area (Å²) in [5, 5.41) is 68.3. The highest BCUT2D eigenvalue weighted by atomic mass is 32.1. The van der Waals surface area contributed by atoms with Gasteiger partial charge in [-0.05, 0) is 92.1 Å². The minimum Gasteiger partial charge on any atom is -0.508 e. The molecule has 24 N–H and O–H groups in total. The molecular formula is C82H108N20O20S2. The maximum Gasteiger partial charge on any atom is 0.305 e. The molecule has 40 nitrogen and oxygen atoms in total. The van der Waals surface area contributed by atoms with Gasteiger partial charge in [0.15, 0.2) is 0 Å². The number of nitrogens with two attached hydrogens (primary N) is 2. The number of primary amides is 1. The number of imidazole rings is 1. The molecule has 124 heavy (non-hydrogen) atoms. The van der Waals surface area contributed by atoms with Gasteiger partial charge < -0.3 is 121 Å². The number of nitrogens with zero attached hydrogens (tertiary/aromatic N) is 1. The molecule has 0 bridgehead atoms. The zero-order valence-corrected chi connectivity index (χ0v) is 70.6. The molecule has 13 atom stereocenters. The summed E-state index contributed by atoms with van der Waals surface area (Å²) in [7, 11) is 0. The standard InChI is InChI=1S/C82H108N20O20S2/c1-43(2)69(101-77(116)61(32-50-36-88-56-20-12-10-18-54(50)56)97-76(115)63(34-68(108)109)94-72(111)44(3)91-79(118)64(40-123)92-46(5)104)81(120)100-65(41-124)80(119)95-59(30-48-22-24-52(105)25-23-48)74(113)96-60(31-49-35-87-55-19-11-9-17-53(49)55)75(114)98-62(33-51-37-85-42-90-51)78(117)102-70(45(4)103)82(121)99-58(29-47-15-7-6-8-16-47)73(112)89-38-66(106)86-27-28-122-39-67(107)93-57(71(84)110)21-13-14-26-83/h6-12,15-20,22-25,35-37,42-45,57-65,69-70,87-88,103,105,123-124H,13-14,21,26-34,38-41,83H2,1-5H3,(H2,84,110)(H,85,90)(H,86,106)(H,89,112)(H,91,118)(H,92,104)(H,93,107)(H,94,111)(H,95,119)(H,96,113)(H,97,115)(H,98,114)(H,99,121)(H,100,120)(H,101,116)(H,102,117)(H,108,109)/t44-,45+,57+,58-,59-,60-,61-,62+,63-,64-,65-,69-,70-/m0/s1. The van der Waals surface area contributed by atoms with Crippen molar-refractivity contribution in [3.05, 3.63) is 156 Å². The Balaban J connectivity index is 1.09. The van der Waals surface area contributed by atoms with Gasteiger partial charge in [0.2, 0.25) is 88.6 Å². The van der Waals surface area contributed by atoms with E-state index >= 15 is 9.59 Å². The highest BCUT2D eigenvalue weighted by molar-refractivity contribution is 7.80. The highest BCUT2D eigenvalue weighted by Gasteiger charge is 2.39. The molecule has 0 spiro atoms. The topological polar surface area (TPSA) is 624 Å². The Bertz CT molecular complexity index is 4840. The second-order valence-corrected chi connectivity index (χ2v) is 30.5. The number of carbonyl (C=O) groups is 16. The van der Waals surface area contributed by atoms with Crippen LogP contribution in [0, 0.1) is 5.92 Å². The van der Waals surface area contributed by atoms with Crippen LogP contribution < -0.4 is 85.9 Å². The molecule has 0 aliphatic rings. The smallest absolute Gasteiger partial charge is 0.305 e. The molecule has 7 rings (SSSR count). The van der Waals surface area contributed by atoms with Gasteiger partial charge in [-0.15, -0.1) is 0 Å². The van der Waals surface area contributed by atoms with Crippen molar-refractivity contribution in [2.75, 3.05) is 44.4 Å². The van der Waals surface area contributed by atoms with E-state index in [1.165, 1.54) is 50.6 Å². The van der Waals surface area contributed by atoms with E-state index in [9.17, 15) is 82.4 Å². The summed E-state index contributed by atoms with van der Waals surface area (Å²) < 4.78 is 5.34. The normalized spacial score (nSPS) is 14.3. The Labute approximate surface area is 723 Å². The summed E-state index contributed by atoms with van der Waals surface area (Å²) >= 11 is 8.49. The molecule has 0 aliphatic carbocycles. The fourth-order valence-electron chi connectivity index (χ4n) is 13.0. The molecule has 0 unspecified atom stereocenters. The molecule has 42 heteroatoms. The van der Waals surface area contributed by atoms with Crippen LogP contribution in [-0.2, 0) is 114 Å². The van der Waals surface area contributed by atoms with Gasteiger partial charge >= 0.3 is 5.97 Å². The number of carboxylic acids is 1. The van der Waals surface area contributed by atoms with Gasteiger partial charge in [0.25, 0.3) is 0 Å². The first-order valence-electron chi connectivity index (χ1n) is 39.9. The van der Waals surface area contributed by atoms with E-state index in [0.29, 0.717) is 63.4 Å². The zero-order valence-electron chi connectivity index (χ0n) is 68.8. The number of H-pyrrole nitrogens is 3. The number of carbonyl (C=O) groups excluding carboxylic acids is 15. The number of ether oxygens (including phenoxy) is 1. The third-order valence-corrected chi connectivity index (χ3v) is 20.3. The predicted octanol–water partition coefficient (Wildman–Crippen LogP) is -3.32. The summed E-state index contributed by atoms with van der Waals surface area (Å²) in [5.41, 5.74) is 14.3. The largest absolute Gasteiger partial charge is 0.508 e. The fraction of sp³-hybridized carbons (Fsp3) is 0.427. The Morgan fingerprint density at radius 1 is 0.476 bits per heavy atom. The van der Waals surface area contributed by atoms with Gasteiger partial charge in [-0.3, -0.25) is 76.7 Å². The maximum atomic E-state index is 15.3. The lowest BCUT2D eigenvalue weighted by Crippen LogP contribution is -2.62. The van der Waals surface area contributed by atoms with E-state index < -0.39 is 204 Å². The number of benzene rings is 4. The zero-order chi connectivity index (χ0) is 90.7. The van der Waals surface area contributed by atoms with Crippen LogP contribution in [0.3, 0.4) is 0 Å². The minimum atomic E-state index is -1.87. The van der Waals surface area contributed by atoms with Crippen LogP contribution >= 0.6 is 25.3 Å². The van der Waals surface area contributed by atoms with Crippen LogP contribution in [0.2, 0.25) is 0 Å². The van der Waals surface area contributed by atoms with Gasteiger partial charge in [-0.1, -0.05) is 92.7 Å². The number of aromatic hydroxyl groups is 1. The van der Waals surface area contributed by atoms with Crippen molar-refractivity contribution in [1.82, 2.24) is 94.4 Å². The number of aliphatic hydroxyl groups excluding tert-OH is 1. The minimum absolute atomic E-state index is 0.114. The first kappa shape index (κ1) is 98.2. The van der Waals surface area contributed by atoms with Gasteiger partial charge in [-0.25, -0.2) is 4.98 Å². The lowest BCUT2D eigenvalue weighted by atomic mass is 9.99. The van der Waals surface area contributed by atoms with Crippen molar-refractivity contribution in [2.45, 2.75) is 171 Å². The average molecular weight is 1760 g/mol. The number of aromatic nitrogens is 4. The second kappa shape index (κ2) is 49.2. The number of thiol groups is 2. The SMILES string of the molecule is CC(=O)N[C@@H](CS)C(=O)N[C@@H](C)C(=O)N[C@@H](CC(=O)O)C(=O)N[C@@H](Cc1c[nH]c2ccccc12)C(=O)N[C@H](C(=O)N[C@@H](CS)C(=O)N[C@@H](Cc1ccc(O)cc1)C(=O)N[C@@H](Cc1c[nH]c2ccccc12)C(=O)N[C@H](Cc1cnc[nH]1)C(=O)N[C@H](C(=O)N[C@@H](Cc1ccccc1)C(=O)NCC(=O)NCCOCC(=O)N[C@H](CCCCN)C(N)=O)[C@@H](C)O)C(C)C. The van der Waals surface area contributed by atoms with Gasteiger partial charge in [0.05, 0.1) is 32.0 Å². The fourth-order valence-corrected chi connectivity index (χ4v) is 13.5. The number of carboxylic acid groups (broad SMARTS) is 1. The number of amides is 15. The number of phenolic OH excluding ortho intramolecular Hbond substituents is 1. The monoisotopic (exact) mass is 1760 g/mol. The first-order chi connectivity index (χ1) is 59.1. The van der Waals surface area contributed by atoms with Crippen LogP contribution in [0.15, 0.2) is 128 Å². The molecule has 7 aromatic rings. The van der Waals surface area contributed by atoms with Gasteiger partial charge in [0, 0.05) is 103 Å². The summed E-state index contributed by atoms with van der Waals surface area (Å²) in [6.07, 6.45) is 3.05. The molecule has 668 valence electrons. The summed E-state index contributed by atoms with van der Waals surface area (Å²) in [6, 6.07) is 9.43.